The first kappa shape index (κ1) is 22.4. The molecular formula is C21H25N5O4S. The van der Waals surface area contributed by atoms with Crippen LogP contribution in [0.25, 0.3) is 5.95 Å². The summed E-state index contributed by atoms with van der Waals surface area (Å²) in [6.45, 7) is 6.91. The van der Waals surface area contributed by atoms with Gasteiger partial charge < -0.3 is 5.32 Å². The fraction of sp³-hybridized carbons (Fsp3) is 0.333. The molecule has 0 atom stereocenters. The highest BCUT2D eigenvalue weighted by Gasteiger charge is 2.19. The average molecular weight is 444 g/mol. The Morgan fingerprint density at radius 2 is 1.87 bits per heavy atom. The SMILES string of the molecule is CCc1cc(=O)[nH]c(-n2nc(C)cc2NC(=O)Cc2ccc(S(=O)(=O)C(C)C)cc2)n1. The molecule has 31 heavy (non-hydrogen) atoms. The fourth-order valence-electron chi connectivity index (χ4n) is 2.97. The summed E-state index contributed by atoms with van der Waals surface area (Å²) < 4.78 is 25.8. The third-order valence-electron chi connectivity index (χ3n) is 4.68. The number of aromatic amines is 1. The van der Waals surface area contributed by atoms with Gasteiger partial charge in [0.1, 0.15) is 5.82 Å². The number of aryl methyl sites for hydroxylation is 2. The number of rotatable bonds is 7. The molecule has 0 spiro atoms. The lowest BCUT2D eigenvalue weighted by Gasteiger charge is -2.10. The Bertz CT molecular complexity index is 1260. The van der Waals surface area contributed by atoms with Crippen LogP contribution >= 0.6 is 0 Å². The minimum Gasteiger partial charge on any atom is -0.310 e. The van der Waals surface area contributed by atoms with E-state index in [9.17, 15) is 18.0 Å². The Labute approximate surface area is 180 Å². The minimum atomic E-state index is -3.36. The van der Waals surface area contributed by atoms with E-state index in [4.69, 9.17) is 0 Å². The zero-order chi connectivity index (χ0) is 22.8. The second-order valence-electron chi connectivity index (χ2n) is 7.46. The molecule has 10 heteroatoms. The average Bonchev–Trinajstić information content (AvgIpc) is 3.07. The topological polar surface area (TPSA) is 127 Å². The summed E-state index contributed by atoms with van der Waals surface area (Å²) in [5, 5.41) is 6.58. The van der Waals surface area contributed by atoms with Crippen molar-refractivity contribution in [3.05, 3.63) is 63.7 Å². The van der Waals surface area contributed by atoms with Crippen molar-refractivity contribution in [3.63, 3.8) is 0 Å². The smallest absolute Gasteiger partial charge is 0.252 e. The molecule has 164 valence electrons. The number of hydrogen-bond donors (Lipinski definition) is 2. The maximum absolute atomic E-state index is 12.6. The monoisotopic (exact) mass is 443 g/mol. The summed E-state index contributed by atoms with van der Waals surface area (Å²) in [5.74, 6) is 0.281. The van der Waals surface area contributed by atoms with Crippen molar-refractivity contribution < 1.29 is 13.2 Å². The summed E-state index contributed by atoms with van der Waals surface area (Å²) in [6.07, 6.45) is 0.632. The van der Waals surface area contributed by atoms with Gasteiger partial charge in [0.2, 0.25) is 11.9 Å². The molecule has 2 heterocycles. The van der Waals surface area contributed by atoms with Gasteiger partial charge in [0, 0.05) is 17.8 Å². The van der Waals surface area contributed by atoms with Crippen LogP contribution in [0.4, 0.5) is 5.82 Å². The Balaban J connectivity index is 1.79. The Hall–Kier alpha value is -3.27. The van der Waals surface area contributed by atoms with Crippen LogP contribution in [0, 0.1) is 6.92 Å². The lowest BCUT2D eigenvalue weighted by atomic mass is 10.1. The van der Waals surface area contributed by atoms with E-state index in [0.717, 1.165) is 0 Å². The molecule has 0 unspecified atom stereocenters. The van der Waals surface area contributed by atoms with E-state index < -0.39 is 15.1 Å². The molecule has 2 aromatic heterocycles. The molecule has 0 aliphatic rings. The Kier molecular flexibility index (Phi) is 6.40. The van der Waals surface area contributed by atoms with Crippen LogP contribution in [-0.4, -0.2) is 39.3 Å². The lowest BCUT2D eigenvalue weighted by Crippen LogP contribution is -2.20. The number of benzene rings is 1. The van der Waals surface area contributed by atoms with Crippen LogP contribution in [0.15, 0.2) is 46.1 Å². The van der Waals surface area contributed by atoms with Gasteiger partial charge in [0.25, 0.3) is 5.56 Å². The van der Waals surface area contributed by atoms with Crippen molar-refractivity contribution in [3.8, 4) is 5.95 Å². The largest absolute Gasteiger partial charge is 0.310 e. The standard InChI is InChI=1S/C21H25N5O4S/c1-5-16-12-20(28)24-21(22-16)26-18(10-14(4)25-26)23-19(27)11-15-6-8-17(9-7-15)31(29,30)13(2)3/h6-10,12-13H,5,11H2,1-4H3,(H,23,27)(H,22,24,28). The Morgan fingerprint density at radius 3 is 2.48 bits per heavy atom. The maximum Gasteiger partial charge on any atom is 0.252 e. The van der Waals surface area contributed by atoms with Gasteiger partial charge in [-0.05, 0) is 44.9 Å². The Morgan fingerprint density at radius 1 is 1.19 bits per heavy atom. The van der Waals surface area contributed by atoms with Crippen LogP contribution in [0.1, 0.15) is 37.7 Å². The number of nitrogens with zero attached hydrogens (tertiary/aromatic N) is 3. The molecule has 0 aliphatic carbocycles. The first-order valence-electron chi connectivity index (χ1n) is 9.90. The first-order valence-corrected chi connectivity index (χ1v) is 11.4. The van der Waals surface area contributed by atoms with Crippen molar-refractivity contribution in [1.82, 2.24) is 19.7 Å². The van der Waals surface area contributed by atoms with Gasteiger partial charge in [-0.25, -0.2) is 13.4 Å². The predicted molar refractivity (Wildman–Crippen MR) is 117 cm³/mol. The van der Waals surface area contributed by atoms with Crippen molar-refractivity contribution in [2.24, 2.45) is 0 Å². The number of sulfone groups is 1. The van der Waals surface area contributed by atoms with Crippen LogP contribution in [-0.2, 0) is 27.5 Å². The number of nitrogens with one attached hydrogen (secondary N) is 2. The van der Waals surface area contributed by atoms with Crippen molar-refractivity contribution in [1.29, 1.82) is 0 Å². The quantitative estimate of drug-likeness (QED) is 0.576. The third kappa shape index (κ3) is 5.08. The molecule has 0 bridgehead atoms. The summed E-state index contributed by atoms with van der Waals surface area (Å²) >= 11 is 0. The number of amides is 1. The van der Waals surface area contributed by atoms with E-state index in [-0.39, 0.29) is 28.7 Å². The van der Waals surface area contributed by atoms with Gasteiger partial charge in [-0.15, -0.1) is 0 Å². The van der Waals surface area contributed by atoms with Crippen LogP contribution in [0.5, 0.6) is 0 Å². The van der Waals surface area contributed by atoms with Crippen molar-refractivity contribution in [2.75, 3.05) is 5.32 Å². The molecule has 3 aromatic rings. The van der Waals surface area contributed by atoms with Gasteiger partial charge in [-0.2, -0.15) is 9.78 Å². The number of carbonyl (C=O) groups is 1. The minimum absolute atomic E-state index is 0.0468. The highest BCUT2D eigenvalue weighted by Crippen LogP contribution is 2.18. The van der Waals surface area contributed by atoms with Crippen molar-refractivity contribution in [2.45, 2.75) is 50.7 Å². The zero-order valence-corrected chi connectivity index (χ0v) is 18.7. The highest BCUT2D eigenvalue weighted by molar-refractivity contribution is 7.92. The molecule has 0 fully saturated rings. The summed E-state index contributed by atoms with van der Waals surface area (Å²) in [5.41, 5.74) is 1.62. The molecule has 3 rings (SSSR count). The second-order valence-corrected chi connectivity index (χ2v) is 9.96. The molecule has 9 nitrogen and oxygen atoms in total. The summed E-state index contributed by atoms with van der Waals surface area (Å²) in [6, 6.07) is 9.37. The first-order chi connectivity index (χ1) is 14.6. The number of carbonyl (C=O) groups excluding carboxylic acids is 1. The molecule has 1 amide bonds. The van der Waals surface area contributed by atoms with Gasteiger partial charge >= 0.3 is 0 Å². The molecular weight excluding hydrogens is 418 g/mol. The second kappa shape index (κ2) is 8.84. The zero-order valence-electron chi connectivity index (χ0n) is 17.8. The number of hydrogen-bond acceptors (Lipinski definition) is 6. The molecule has 1 aromatic carbocycles. The van der Waals surface area contributed by atoms with E-state index in [0.29, 0.717) is 29.2 Å². The maximum atomic E-state index is 12.6. The van der Waals surface area contributed by atoms with E-state index in [1.54, 1.807) is 39.0 Å². The fourth-order valence-corrected chi connectivity index (χ4v) is 4.03. The van der Waals surface area contributed by atoms with Gasteiger partial charge in [0.05, 0.1) is 22.3 Å². The van der Waals surface area contributed by atoms with Crippen LogP contribution in [0.2, 0.25) is 0 Å². The van der Waals surface area contributed by atoms with E-state index in [1.165, 1.54) is 22.9 Å². The molecule has 2 N–H and O–H groups in total. The number of aromatic nitrogens is 4. The molecule has 0 saturated heterocycles. The summed E-state index contributed by atoms with van der Waals surface area (Å²) in [4.78, 5) is 31.7. The normalized spacial score (nSPS) is 11.6. The van der Waals surface area contributed by atoms with E-state index in [1.807, 2.05) is 6.92 Å². The summed E-state index contributed by atoms with van der Waals surface area (Å²) in [7, 11) is -3.36. The van der Waals surface area contributed by atoms with E-state index >= 15 is 0 Å². The van der Waals surface area contributed by atoms with Gasteiger partial charge in [-0.1, -0.05) is 19.1 Å². The lowest BCUT2D eigenvalue weighted by molar-refractivity contribution is -0.115. The molecule has 0 saturated carbocycles. The third-order valence-corrected chi connectivity index (χ3v) is 6.85. The van der Waals surface area contributed by atoms with Crippen molar-refractivity contribution >= 4 is 21.6 Å². The predicted octanol–water partition coefficient (Wildman–Crippen LogP) is 2.19. The van der Waals surface area contributed by atoms with Gasteiger partial charge in [0.15, 0.2) is 9.84 Å². The van der Waals surface area contributed by atoms with E-state index in [2.05, 4.69) is 20.4 Å². The number of H-pyrrole nitrogens is 1. The van der Waals surface area contributed by atoms with Crippen LogP contribution < -0.4 is 10.9 Å². The molecule has 0 radical (unpaired) electrons. The number of anilines is 1. The van der Waals surface area contributed by atoms with Gasteiger partial charge in [-0.3, -0.25) is 14.6 Å². The van der Waals surface area contributed by atoms with Crippen LogP contribution in [0.3, 0.4) is 0 Å². The highest BCUT2D eigenvalue weighted by atomic mass is 32.2. The molecule has 0 aliphatic heterocycles.